The summed E-state index contributed by atoms with van der Waals surface area (Å²) >= 11 is 0. The quantitative estimate of drug-likeness (QED) is 0.634. The average molecular weight is 258 g/mol. The molecule has 0 unspecified atom stereocenters. The Labute approximate surface area is 113 Å². The Morgan fingerprint density at radius 3 is 2.84 bits per heavy atom. The molecule has 1 heterocycles. The van der Waals surface area contributed by atoms with Crippen molar-refractivity contribution in [2.24, 2.45) is 5.84 Å². The van der Waals surface area contributed by atoms with E-state index in [0.29, 0.717) is 5.82 Å². The molecule has 19 heavy (non-hydrogen) atoms. The summed E-state index contributed by atoms with van der Waals surface area (Å²) in [6.07, 6.45) is 1.73. The van der Waals surface area contributed by atoms with Crippen LogP contribution >= 0.6 is 0 Å². The molecular formula is C14H18N4O. The molecule has 0 aliphatic carbocycles. The number of aromatic nitrogens is 1. The van der Waals surface area contributed by atoms with Crippen LogP contribution in [0.25, 0.3) is 0 Å². The van der Waals surface area contributed by atoms with Crippen LogP contribution in [0.5, 0.6) is 5.75 Å². The number of para-hydroxylation sites is 1. The second-order valence-corrected chi connectivity index (χ2v) is 4.21. The SMILES string of the molecule is COc1ccccc1CN(C)c1ccnc(NN)c1. The third kappa shape index (κ3) is 3.14. The van der Waals surface area contributed by atoms with Gasteiger partial charge in [0.2, 0.25) is 0 Å². The van der Waals surface area contributed by atoms with Crippen LogP contribution < -0.4 is 20.9 Å². The van der Waals surface area contributed by atoms with Crippen LogP contribution in [-0.2, 0) is 6.54 Å². The molecule has 5 heteroatoms. The lowest BCUT2D eigenvalue weighted by molar-refractivity contribution is 0.409. The molecular weight excluding hydrogens is 240 g/mol. The smallest absolute Gasteiger partial charge is 0.141 e. The first kappa shape index (κ1) is 13.2. The van der Waals surface area contributed by atoms with Crippen molar-refractivity contribution < 1.29 is 4.74 Å². The van der Waals surface area contributed by atoms with Crippen molar-refractivity contribution in [2.45, 2.75) is 6.54 Å². The molecule has 3 N–H and O–H groups in total. The molecule has 0 saturated carbocycles. The van der Waals surface area contributed by atoms with E-state index in [1.54, 1.807) is 13.3 Å². The number of nitrogens with two attached hydrogens (primary N) is 1. The second kappa shape index (κ2) is 6.06. The topological polar surface area (TPSA) is 63.4 Å². The highest BCUT2D eigenvalue weighted by Crippen LogP contribution is 2.22. The minimum absolute atomic E-state index is 0.643. The number of ether oxygens (including phenoxy) is 1. The van der Waals surface area contributed by atoms with Crippen LogP contribution in [0.1, 0.15) is 5.56 Å². The van der Waals surface area contributed by atoms with Crippen molar-refractivity contribution in [1.29, 1.82) is 0 Å². The fraction of sp³-hybridized carbons (Fsp3) is 0.214. The van der Waals surface area contributed by atoms with E-state index < -0.39 is 0 Å². The number of methoxy groups -OCH3 is 1. The van der Waals surface area contributed by atoms with Gasteiger partial charge in [-0.1, -0.05) is 18.2 Å². The fourth-order valence-corrected chi connectivity index (χ4v) is 1.92. The summed E-state index contributed by atoms with van der Waals surface area (Å²) in [6, 6.07) is 11.8. The van der Waals surface area contributed by atoms with Gasteiger partial charge in [0.05, 0.1) is 7.11 Å². The van der Waals surface area contributed by atoms with E-state index in [1.165, 1.54) is 0 Å². The van der Waals surface area contributed by atoms with Gasteiger partial charge in [0.15, 0.2) is 0 Å². The fourth-order valence-electron chi connectivity index (χ4n) is 1.92. The summed E-state index contributed by atoms with van der Waals surface area (Å²) in [5.74, 6) is 6.90. The van der Waals surface area contributed by atoms with E-state index in [0.717, 1.165) is 23.5 Å². The van der Waals surface area contributed by atoms with Crippen LogP contribution in [0, 0.1) is 0 Å². The van der Waals surface area contributed by atoms with Crippen molar-refractivity contribution >= 4 is 11.5 Å². The lowest BCUT2D eigenvalue weighted by Crippen LogP contribution is -2.17. The maximum atomic E-state index is 5.37. The Balaban J connectivity index is 2.18. The zero-order valence-corrected chi connectivity index (χ0v) is 11.1. The first-order valence-electron chi connectivity index (χ1n) is 6.00. The normalized spacial score (nSPS) is 10.1. The van der Waals surface area contributed by atoms with Crippen LogP contribution in [0.3, 0.4) is 0 Å². The molecule has 0 amide bonds. The maximum absolute atomic E-state index is 5.37. The van der Waals surface area contributed by atoms with E-state index in [1.807, 2.05) is 37.4 Å². The largest absolute Gasteiger partial charge is 0.496 e. The summed E-state index contributed by atoms with van der Waals surface area (Å²) < 4.78 is 5.36. The summed E-state index contributed by atoms with van der Waals surface area (Å²) in [5, 5.41) is 0. The molecule has 2 aromatic rings. The van der Waals surface area contributed by atoms with Crippen LogP contribution in [0.2, 0.25) is 0 Å². The molecule has 1 aromatic heterocycles. The van der Waals surface area contributed by atoms with E-state index >= 15 is 0 Å². The highest BCUT2D eigenvalue weighted by molar-refractivity contribution is 5.53. The zero-order valence-electron chi connectivity index (χ0n) is 11.1. The van der Waals surface area contributed by atoms with Gasteiger partial charge in [-0.2, -0.15) is 0 Å². The van der Waals surface area contributed by atoms with Gasteiger partial charge in [-0.15, -0.1) is 0 Å². The standard InChI is InChI=1S/C14H18N4O/c1-18(12-7-8-16-14(9-12)17-15)10-11-5-3-4-6-13(11)19-2/h3-9H,10,15H2,1-2H3,(H,16,17). The first-order valence-corrected chi connectivity index (χ1v) is 6.00. The number of rotatable bonds is 5. The average Bonchev–Trinajstić information content (AvgIpc) is 2.47. The molecule has 1 aromatic carbocycles. The maximum Gasteiger partial charge on any atom is 0.141 e. The van der Waals surface area contributed by atoms with E-state index in [2.05, 4.69) is 21.4 Å². The van der Waals surface area contributed by atoms with Crippen molar-refractivity contribution in [3.8, 4) is 5.75 Å². The lowest BCUT2D eigenvalue weighted by atomic mass is 10.2. The number of hydrogen-bond acceptors (Lipinski definition) is 5. The molecule has 0 spiro atoms. The number of hydrazine groups is 1. The van der Waals surface area contributed by atoms with Crippen molar-refractivity contribution in [3.05, 3.63) is 48.2 Å². The molecule has 0 atom stereocenters. The Morgan fingerprint density at radius 1 is 1.32 bits per heavy atom. The van der Waals surface area contributed by atoms with Crippen LogP contribution in [0.15, 0.2) is 42.6 Å². The Bertz CT molecular complexity index is 544. The minimum atomic E-state index is 0.643. The lowest BCUT2D eigenvalue weighted by Gasteiger charge is -2.21. The monoisotopic (exact) mass is 258 g/mol. The zero-order chi connectivity index (χ0) is 13.7. The highest BCUT2D eigenvalue weighted by Gasteiger charge is 2.07. The van der Waals surface area contributed by atoms with Crippen LogP contribution in [0.4, 0.5) is 11.5 Å². The van der Waals surface area contributed by atoms with Gasteiger partial charge in [-0.3, -0.25) is 0 Å². The number of anilines is 2. The summed E-state index contributed by atoms with van der Waals surface area (Å²) in [4.78, 5) is 6.21. The molecule has 0 radical (unpaired) electrons. The number of benzene rings is 1. The Morgan fingerprint density at radius 2 is 2.11 bits per heavy atom. The Kier molecular flexibility index (Phi) is 4.20. The summed E-state index contributed by atoms with van der Waals surface area (Å²) in [5.41, 5.74) is 4.71. The van der Waals surface area contributed by atoms with Gasteiger partial charge in [-0.05, 0) is 12.1 Å². The Hall–Kier alpha value is -2.27. The molecule has 0 fully saturated rings. The van der Waals surface area contributed by atoms with E-state index in [4.69, 9.17) is 10.6 Å². The molecule has 0 saturated heterocycles. The van der Waals surface area contributed by atoms with Gasteiger partial charge < -0.3 is 15.1 Å². The minimum Gasteiger partial charge on any atom is -0.496 e. The number of hydrogen-bond donors (Lipinski definition) is 2. The third-order valence-corrected chi connectivity index (χ3v) is 2.93. The summed E-state index contributed by atoms with van der Waals surface area (Å²) in [7, 11) is 3.70. The van der Waals surface area contributed by atoms with Gasteiger partial charge in [0.1, 0.15) is 11.6 Å². The number of nitrogens with one attached hydrogen (secondary N) is 1. The number of nitrogens with zero attached hydrogens (tertiary/aromatic N) is 2. The molecule has 5 nitrogen and oxygen atoms in total. The first-order chi connectivity index (χ1) is 9.24. The number of pyridine rings is 1. The molecule has 100 valence electrons. The van der Waals surface area contributed by atoms with E-state index in [-0.39, 0.29) is 0 Å². The molecule has 0 aliphatic heterocycles. The third-order valence-electron chi connectivity index (χ3n) is 2.93. The highest BCUT2D eigenvalue weighted by atomic mass is 16.5. The van der Waals surface area contributed by atoms with Crippen LogP contribution in [-0.4, -0.2) is 19.1 Å². The summed E-state index contributed by atoms with van der Waals surface area (Å²) in [6.45, 7) is 0.748. The van der Waals surface area contributed by atoms with Gasteiger partial charge in [0, 0.05) is 37.1 Å². The molecule has 2 rings (SSSR count). The van der Waals surface area contributed by atoms with E-state index in [9.17, 15) is 0 Å². The predicted octanol–water partition coefficient (Wildman–Crippen LogP) is 2.01. The van der Waals surface area contributed by atoms with Crippen molar-refractivity contribution in [2.75, 3.05) is 24.5 Å². The van der Waals surface area contributed by atoms with Crippen molar-refractivity contribution in [3.63, 3.8) is 0 Å². The van der Waals surface area contributed by atoms with Gasteiger partial charge >= 0.3 is 0 Å². The van der Waals surface area contributed by atoms with Crippen molar-refractivity contribution in [1.82, 2.24) is 4.98 Å². The number of nitrogen functional groups attached to an aromatic ring is 1. The van der Waals surface area contributed by atoms with Gasteiger partial charge in [0.25, 0.3) is 0 Å². The molecule has 0 bridgehead atoms. The van der Waals surface area contributed by atoms with Gasteiger partial charge in [-0.25, -0.2) is 10.8 Å². The molecule has 0 aliphatic rings. The predicted molar refractivity (Wildman–Crippen MR) is 77.1 cm³/mol. The second-order valence-electron chi connectivity index (χ2n) is 4.21.